The van der Waals surface area contributed by atoms with E-state index in [0.29, 0.717) is 31.3 Å². The highest BCUT2D eigenvalue weighted by Gasteiger charge is 2.37. The molecule has 2 atom stereocenters. The van der Waals surface area contributed by atoms with E-state index >= 15 is 0 Å². The second-order valence-electron chi connectivity index (χ2n) is 6.11. The van der Waals surface area contributed by atoms with Crippen molar-refractivity contribution >= 4 is 5.97 Å². The molecule has 1 aliphatic rings. The van der Waals surface area contributed by atoms with Crippen molar-refractivity contribution < 1.29 is 19.1 Å². The Bertz CT molecular complexity index is 480. The molecule has 0 spiro atoms. The van der Waals surface area contributed by atoms with Crippen molar-refractivity contribution in [3.63, 3.8) is 0 Å². The molecule has 7 heteroatoms. The van der Waals surface area contributed by atoms with E-state index in [0.717, 1.165) is 0 Å². The Morgan fingerprint density at radius 1 is 1.50 bits per heavy atom. The number of hydrogen-bond donors (Lipinski definition) is 1. The van der Waals surface area contributed by atoms with Crippen molar-refractivity contribution in [2.75, 3.05) is 13.7 Å². The number of hydrogen-bond acceptors (Lipinski definition) is 7. The lowest BCUT2D eigenvalue weighted by atomic mass is 9.97. The molecule has 0 aliphatic carbocycles. The normalized spacial score (nSPS) is 24.1. The van der Waals surface area contributed by atoms with Crippen LogP contribution in [0.15, 0.2) is 4.42 Å². The van der Waals surface area contributed by atoms with Crippen molar-refractivity contribution in [2.45, 2.75) is 51.3 Å². The first-order valence-corrected chi connectivity index (χ1v) is 6.64. The van der Waals surface area contributed by atoms with Crippen molar-refractivity contribution in [1.29, 1.82) is 0 Å². The monoisotopic (exact) mass is 283 g/mol. The average molecular weight is 283 g/mol. The van der Waals surface area contributed by atoms with Crippen molar-refractivity contribution in [3.8, 4) is 0 Å². The molecule has 0 radical (unpaired) electrons. The third-order valence-corrected chi connectivity index (χ3v) is 3.30. The summed E-state index contributed by atoms with van der Waals surface area (Å²) in [4.78, 5) is 13.5. The number of aliphatic hydroxyl groups excluding tert-OH is 1. The highest BCUT2D eigenvalue weighted by Crippen LogP contribution is 2.24. The van der Waals surface area contributed by atoms with E-state index in [1.165, 1.54) is 7.11 Å². The third-order valence-electron chi connectivity index (χ3n) is 3.30. The topological polar surface area (TPSA) is 88.7 Å². The summed E-state index contributed by atoms with van der Waals surface area (Å²) in [6.45, 7) is 6.69. The minimum Gasteiger partial charge on any atom is -0.468 e. The minimum absolute atomic E-state index is 0.211. The van der Waals surface area contributed by atoms with Crippen molar-refractivity contribution in [1.82, 2.24) is 15.1 Å². The number of carbonyl (C=O) groups excluding carboxylic acids is 1. The number of aliphatic hydroxyl groups is 1. The van der Waals surface area contributed by atoms with Gasteiger partial charge in [0.1, 0.15) is 6.04 Å². The Morgan fingerprint density at radius 3 is 2.75 bits per heavy atom. The number of aromatic nitrogens is 2. The highest BCUT2D eigenvalue weighted by molar-refractivity contribution is 5.76. The first-order valence-electron chi connectivity index (χ1n) is 6.64. The fourth-order valence-corrected chi connectivity index (χ4v) is 2.23. The van der Waals surface area contributed by atoms with Gasteiger partial charge in [-0.1, -0.05) is 20.8 Å². The summed E-state index contributed by atoms with van der Waals surface area (Å²) in [5, 5.41) is 17.7. The van der Waals surface area contributed by atoms with Gasteiger partial charge in [-0.15, -0.1) is 10.2 Å². The van der Waals surface area contributed by atoms with Gasteiger partial charge in [0.2, 0.25) is 11.8 Å². The second-order valence-corrected chi connectivity index (χ2v) is 6.11. The molecular weight excluding hydrogens is 262 g/mol. The van der Waals surface area contributed by atoms with Gasteiger partial charge in [-0.05, 0) is 0 Å². The number of β-amino-alcohol motifs (C(OH)–C–C–N with tert-alkyl or cyclic N) is 1. The molecule has 0 aromatic carbocycles. The van der Waals surface area contributed by atoms with Crippen LogP contribution in [-0.2, 0) is 21.5 Å². The van der Waals surface area contributed by atoms with E-state index in [-0.39, 0.29) is 11.4 Å². The zero-order chi connectivity index (χ0) is 14.9. The van der Waals surface area contributed by atoms with Crippen LogP contribution in [0.1, 0.15) is 39.0 Å². The van der Waals surface area contributed by atoms with Crippen LogP contribution >= 0.6 is 0 Å². The maximum Gasteiger partial charge on any atom is 0.323 e. The zero-order valence-corrected chi connectivity index (χ0v) is 12.3. The van der Waals surface area contributed by atoms with Gasteiger partial charge in [-0.25, -0.2) is 0 Å². The molecule has 1 aliphatic heterocycles. The predicted octanol–water partition coefficient (Wildman–Crippen LogP) is 0.475. The number of rotatable bonds is 3. The smallest absolute Gasteiger partial charge is 0.323 e. The average Bonchev–Trinajstić information content (AvgIpc) is 2.95. The van der Waals surface area contributed by atoms with Crippen molar-refractivity contribution in [3.05, 3.63) is 11.8 Å². The van der Waals surface area contributed by atoms with Gasteiger partial charge in [0.25, 0.3) is 0 Å². The molecule has 2 rings (SSSR count). The van der Waals surface area contributed by atoms with Crippen LogP contribution in [0.2, 0.25) is 0 Å². The Hall–Kier alpha value is -1.47. The van der Waals surface area contributed by atoms with Crippen LogP contribution in [0.4, 0.5) is 0 Å². The van der Waals surface area contributed by atoms with Crippen LogP contribution in [0.5, 0.6) is 0 Å². The van der Waals surface area contributed by atoms with Gasteiger partial charge in [0, 0.05) is 18.4 Å². The summed E-state index contributed by atoms with van der Waals surface area (Å²) in [5.74, 6) is 0.650. The van der Waals surface area contributed by atoms with Crippen LogP contribution in [0.3, 0.4) is 0 Å². The van der Waals surface area contributed by atoms with Gasteiger partial charge in [0.15, 0.2) is 0 Å². The summed E-state index contributed by atoms with van der Waals surface area (Å²) in [7, 11) is 1.34. The lowest BCUT2D eigenvalue weighted by Crippen LogP contribution is -2.36. The minimum atomic E-state index is -0.538. The number of likely N-dealkylation sites (tertiary alicyclic amines) is 1. The zero-order valence-electron chi connectivity index (χ0n) is 12.3. The third kappa shape index (κ3) is 3.16. The number of esters is 1. The van der Waals surface area contributed by atoms with Gasteiger partial charge in [-0.2, -0.15) is 0 Å². The van der Waals surface area contributed by atoms with Crippen LogP contribution in [-0.4, -0.2) is 52.0 Å². The Kier molecular flexibility index (Phi) is 4.10. The Morgan fingerprint density at radius 2 is 2.20 bits per heavy atom. The summed E-state index contributed by atoms with van der Waals surface area (Å²) in [6.07, 6.45) is -0.170. The molecule has 0 bridgehead atoms. The fourth-order valence-electron chi connectivity index (χ4n) is 2.23. The summed E-state index contributed by atoms with van der Waals surface area (Å²) in [6, 6.07) is -0.458. The largest absolute Gasteiger partial charge is 0.468 e. The first kappa shape index (κ1) is 14.9. The Balaban J connectivity index is 2.08. The summed E-state index contributed by atoms with van der Waals surface area (Å²) >= 11 is 0. The maximum absolute atomic E-state index is 11.7. The van der Waals surface area contributed by atoms with E-state index in [9.17, 15) is 9.90 Å². The summed E-state index contributed by atoms with van der Waals surface area (Å²) in [5.41, 5.74) is -0.211. The maximum atomic E-state index is 11.7. The first-order chi connectivity index (χ1) is 9.31. The lowest BCUT2D eigenvalue weighted by Gasteiger charge is -2.19. The highest BCUT2D eigenvalue weighted by atomic mass is 16.5. The molecule has 2 heterocycles. The molecule has 2 unspecified atom stereocenters. The molecule has 1 fully saturated rings. The van der Waals surface area contributed by atoms with Gasteiger partial charge < -0.3 is 14.3 Å². The SMILES string of the molecule is COC(=O)C1CC(O)CN1Cc1nnc(C(C)(C)C)o1. The molecular formula is C13H21N3O4. The number of methoxy groups -OCH3 is 1. The number of carbonyl (C=O) groups is 1. The summed E-state index contributed by atoms with van der Waals surface area (Å²) < 4.78 is 10.4. The number of nitrogens with zero attached hydrogens (tertiary/aromatic N) is 3. The number of ether oxygens (including phenoxy) is 1. The second kappa shape index (κ2) is 5.49. The van der Waals surface area contributed by atoms with E-state index in [2.05, 4.69) is 10.2 Å². The van der Waals surface area contributed by atoms with E-state index in [1.807, 2.05) is 20.8 Å². The molecule has 7 nitrogen and oxygen atoms in total. The molecule has 0 amide bonds. The molecule has 0 saturated carbocycles. The van der Waals surface area contributed by atoms with Gasteiger partial charge in [-0.3, -0.25) is 9.69 Å². The van der Waals surface area contributed by atoms with Gasteiger partial charge in [0.05, 0.1) is 19.8 Å². The standard InChI is InChI=1S/C13H21N3O4/c1-13(2,3)12-15-14-10(20-12)7-16-6-8(17)5-9(16)11(18)19-4/h8-9,17H,5-7H2,1-4H3. The molecule has 1 aromatic heterocycles. The predicted molar refractivity (Wildman–Crippen MR) is 69.8 cm³/mol. The van der Waals surface area contributed by atoms with Crippen LogP contribution < -0.4 is 0 Å². The van der Waals surface area contributed by atoms with E-state index in [1.54, 1.807) is 4.90 Å². The van der Waals surface area contributed by atoms with Crippen molar-refractivity contribution in [2.24, 2.45) is 0 Å². The molecule has 1 aromatic rings. The molecule has 1 N–H and O–H groups in total. The molecule has 1 saturated heterocycles. The van der Waals surface area contributed by atoms with E-state index < -0.39 is 12.1 Å². The van der Waals surface area contributed by atoms with Crippen LogP contribution in [0.25, 0.3) is 0 Å². The fraction of sp³-hybridized carbons (Fsp3) is 0.769. The van der Waals surface area contributed by atoms with E-state index in [4.69, 9.17) is 9.15 Å². The van der Waals surface area contributed by atoms with Crippen LogP contribution in [0, 0.1) is 0 Å². The Labute approximate surface area is 117 Å². The quantitative estimate of drug-likeness (QED) is 0.807. The molecule has 112 valence electrons. The molecule has 20 heavy (non-hydrogen) atoms. The van der Waals surface area contributed by atoms with Gasteiger partial charge >= 0.3 is 5.97 Å². The lowest BCUT2D eigenvalue weighted by molar-refractivity contribution is -0.146.